The average molecular weight is 249 g/mol. The molecule has 0 saturated heterocycles. The van der Waals surface area contributed by atoms with Crippen molar-refractivity contribution in [3.8, 4) is 5.75 Å². The summed E-state index contributed by atoms with van der Waals surface area (Å²) in [5.41, 5.74) is 6.70. The van der Waals surface area contributed by atoms with Gasteiger partial charge in [-0.05, 0) is 18.6 Å². The van der Waals surface area contributed by atoms with Gasteiger partial charge in [-0.2, -0.15) is 0 Å². The van der Waals surface area contributed by atoms with Crippen molar-refractivity contribution in [3.05, 3.63) is 24.3 Å². The van der Waals surface area contributed by atoms with Crippen LogP contribution in [0, 0.1) is 0 Å². The Labute approximate surface area is 109 Å². The molecule has 0 fully saturated rings. The van der Waals surface area contributed by atoms with Crippen molar-refractivity contribution in [2.75, 3.05) is 19.0 Å². The van der Waals surface area contributed by atoms with E-state index in [4.69, 9.17) is 10.5 Å². The number of ether oxygens (including phenoxy) is 1. The van der Waals surface area contributed by atoms with Crippen LogP contribution in [-0.4, -0.2) is 19.6 Å². The largest absolute Gasteiger partial charge is 0.497 e. The molecule has 0 saturated carbocycles. The highest BCUT2D eigenvalue weighted by atomic mass is 16.5. The van der Waals surface area contributed by atoms with Crippen molar-refractivity contribution in [1.82, 2.24) is 0 Å². The van der Waals surface area contributed by atoms with Crippen molar-refractivity contribution in [2.45, 2.75) is 32.6 Å². The summed E-state index contributed by atoms with van der Waals surface area (Å²) in [6, 6.07) is 7.63. The second kappa shape index (κ2) is 8.39. The van der Waals surface area contributed by atoms with Gasteiger partial charge in [0.1, 0.15) is 5.75 Å². The normalized spacial score (nSPS) is 11.3. The average Bonchev–Trinajstić information content (AvgIpc) is 2.38. The molecule has 0 aliphatic carbocycles. The highest BCUT2D eigenvalue weighted by molar-refractivity contribution is 5.92. The lowest BCUT2D eigenvalue weighted by Crippen LogP contribution is -2.22. The first kappa shape index (κ1) is 14.4. The highest BCUT2D eigenvalue weighted by Crippen LogP contribution is 2.16. The molecule has 0 unspecified atom stereocenters. The minimum Gasteiger partial charge on any atom is -0.497 e. The zero-order chi connectivity index (χ0) is 13.2. The van der Waals surface area contributed by atoms with E-state index in [0.717, 1.165) is 24.4 Å². The molecule has 4 nitrogen and oxygen atoms in total. The molecule has 0 amide bonds. The van der Waals surface area contributed by atoms with Crippen molar-refractivity contribution >= 4 is 11.6 Å². The standard InChI is InChI=1S/C14H23N3O/c1-3-4-5-6-10-16-14(15)17-12-8-7-9-13(11-12)18-2/h7-9,11H,3-6,10H2,1-2H3,(H3,15,16,17). The molecule has 0 spiro atoms. The molecule has 0 aliphatic heterocycles. The number of anilines is 1. The maximum Gasteiger partial charge on any atom is 0.193 e. The van der Waals surface area contributed by atoms with Crippen LogP contribution in [0.3, 0.4) is 0 Å². The Morgan fingerprint density at radius 3 is 2.89 bits per heavy atom. The van der Waals surface area contributed by atoms with Gasteiger partial charge in [-0.3, -0.25) is 4.99 Å². The fraction of sp³-hybridized carbons (Fsp3) is 0.500. The molecular formula is C14H23N3O. The summed E-state index contributed by atoms with van der Waals surface area (Å²) in [5.74, 6) is 1.26. The summed E-state index contributed by atoms with van der Waals surface area (Å²) in [6.45, 7) is 2.98. The molecule has 18 heavy (non-hydrogen) atoms. The monoisotopic (exact) mass is 249 g/mol. The van der Waals surface area contributed by atoms with Crippen LogP contribution in [0.25, 0.3) is 0 Å². The smallest absolute Gasteiger partial charge is 0.193 e. The van der Waals surface area contributed by atoms with Crippen LogP contribution in [0.4, 0.5) is 5.69 Å². The maximum atomic E-state index is 5.81. The molecule has 4 heteroatoms. The molecule has 100 valence electrons. The number of methoxy groups -OCH3 is 1. The third-order valence-corrected chi connectivity index (χ3v) is 2.64. The van der Waals surface area contributed by atoms with E-state index >= 15 is 0 Å². The molecule has 1 aromatic carbocycles. The number of rotatable bonds is 7. The van der Waals surface area contributed by atoms with Crippen molar-refractivity contribution in [3.63, 3.8) is 0 Å². The van der Waals surface area contributed by atoms with Crippen LogP contribution >= 0.6 is 0 Å². The van der Waals surface area contributed by atoms with Crippen LogP contribution in [0.2, 0.25) is 0 Å². The Morgan fingerprint density at radius 2 is 2.17 bits per heavy atom. The van der Waals surface area contributed by atoms with Gasteiger partial charge in [0, 0.05) is 18.3 Å². The number of nitrogens with zero attached hydrogens (tertiary/aromatic N) is 1. The van der Waals surface area contributed by atoms with Gasteiger partial charge in [0.2, 0.25) is 0 Å². The van der Waals surface area contributed by atoms with Gasteiger partial charge >= 0.3 is 0 Å². The Bertz CT molecular complexity index is 377. The summed E-state index contributed by atoms with van der Waals surface area (Å²) in [7, 11) is 1.64. The van der Waals surface area contributed by atoms with E-state index in [1.165, 1.54) is 19.3 Å². The van der Waals surface area contributed by atoms with Crippen LogP contribution in [0.15, 0.2) is 29.3 Å². The molecule has 0 radical (unpaired) electrons. The van der Waals surface area contributed by atoms with Gasteiger partial charge in [0.25, 0.3) is 0 Å². The number of benzene rings is 1. The van der Waals surface area contributed by atoms with Crippen molar-refractivity contribution in [1.29, 1.82) is 0 Å². The molecule has 0 heterocycles. The minimum absolute atomic E-state index is 0.458. The molecule has 3 N–H and O–H groups in total. The first-order valence-electron chi connectivity index (χ1n) is 6.47. The van der Waals surface area contributed by atoms with Gasteiger partial charge < -0.3 is 15.8 Å². The van der Waals surface area contributed by atoms with E-state index in [9.17, 15) is 0 Å². The topological polar surface area (TPSA) is 59.6 Å². The predicted molar refractivity (Wildman–Crippen MR) is 77.2 cm³/mol. The first-order chi connectivity index (χ1) is 8.76. The summed E-state index contributed by atoms with van der Waals surface area (Å²) < 4.78 is 5.14. The van der Waals surface area contributed by atoms with Gasteiger partial charge in [-0.25, -0.2) is 0 Å². The first-order valence-corrected chi connectivity index (χ1v) is 6.47. The second-order valence-electron chi connectivity index (χ2n) is 4.18. The third-order valence-electron chi connectivity index (χ3n) is 2.64. The van der Waals surface area contributed by atoms with E-state index in [0.29, 0.717) is 5.96 Å². The van der Waals surface area contributed by atoms with E-state index < -0.39 is 0 Å². The highest BCUT2D eigenvalue weighted by Gasteiger charge is 1.97. The fourth-order valence-electron chi connectivity index (χ4n) is 1.63. The van der Waals surface area contributed by atoms with E-state index in [2.05, 4.69) is 17.2 Å². The van der Waals surface area contributed by atoms with Gasteiger partial charge in [0.05, 0.1) is 7.11 Å². The summed E-state index contributed by atoms with van der Waals surface area (Å²) >= 11 is 0. The van der Waals surface area contributed by atoms with E-state index in [-0.39, 0.29) is 0 Å². The second-order valence-corrected chi connectivity index (χ2v) is 4.18. The Kier molecular flexibility index (Phi) is 6.69. The molecule has 0 aromatic heterocycles. The number of nitrogens with one attached hydrogen (secondary N) is 1. The number of hydrogen-bond acceptors (Lipinski definition) is 2. The Balaban J connectivity index is 2.38. The Morgan fingerprint density at radius 1 is 1.33 bits per heavy atom. The fourth-order valence-corrected chi connectivity index (χ4v) is 1.63. The van der Waals surface area contributed by atoms with Crippen LogP contribution in [-0.2, 0) is 0 Å². The SMILES string of the molecule is CCCCCCN=C(N)Nc1cccc(OC)c1. The van der Waals surface area contributed by atoms with Gasteiger partial charge in [-0.15, -0.1) is 0 Å². The van der Waals surface area contributed by atoms with E-state index in [1.54, 1.807) is 7.11 Å². The molecular weight excluding hydrogens is 226 g/mol. The Hall–Kier alpha value is -1.71. The molecule has 0 atom stereocenters. The number of unbranched alkanes of at least 4 members (excludes halogenated alkanes) is 3. The number of guanidine groups is 1. The van der Waals surface area contributed by atoms with Crippen molar-refractivity contribution < 1.29 is 4.74 Å². The minimum atomic E-state index is 0.458. The quantitative estimate of drug-likeness (QED) is 0.443. The summed E-state index contributed by atoms with van der Waals surface area (Å²) in [5, 5.41) is 3.06. The molecule has 1 rings (SSSR count). The van der Waals surface area contributed by atoms with Crippen LogP contribution in [0.5, 0.6) is 5.75 Å². The van der Waals surface area contributed by atoms with Gasteiger partial charge in [-0.1, -0.05) is 32.3 Å². The molecule has 0 aliphatic rings. The zero-order valence-electron chi connectivity index (χ0n) is 11.3. The number of nitrogens with two attached hydrogens (primary N) is 1. The molecule has 1 aromatic rings. The summed E-state index contributed by atoms with van der Waals surface area (Å²) in [6.07, 6.45) is 4.81. The van der Waals surface area contributed by atoms with Crippen molar-refractivity contribution in [2.24, 2.45) is 10.7 Å². The van der Waals surface area contributed by atoms with Gasteiger partial charge in [0.15, 0.2) is 5.96 Å². The number of hydrogen-bond donors (Lipinski definition) is 2. The maximum absolute atomic E-state index is 5.81. The lowest BCUT2D eigenvalue weighted by molar-refractivity contribution is 0.415. The zero-order valence-corrected chi connectivity index (χ0v) is 11.3. The van der Waals surface area contributed by atoms with E-state index in [1.807, 2.05) is 24.3 Å². The van der Waals surface area contributed by atoms with Crippen LogP contribution in [0.1, 0.15) is 32.6 Å². The van der Waals surface area contributed by atoms with Crippen LogP contribution < -0.4 is 15.8 Å². The molecule has 0 bridgehead atoms. The summed E-state index contributed by atoms with van der Waals surface area (Å²) in [4.78, 5) is 4.29. The number of aliphatic imine (C=N–C) groups is 1. The lowest BCUT2D eigenvalue weighted by Gasteiger charge is -2.07. The predicted octanol–water partition coefficient (Wildman–Crippen LogP) is 3.00. The lowest BCUT2D eigenvalue weighted by atomic mass is 10.2. The third kappa shape index (κ3) is 5.57.